The van der Waals surface area contributed by atoms with E-state index in [1.54, 1.807) is 0 Å². The quantitative estimate of drug-likeness (QED) is 0.578. The van der Waals surface area contributed by atoms with E-state index in [2.05, 4.69) is 4.98 Å². The summed E-state index contributed by atoms with van der Waals surface area (Å²) in [6, 6.07) is 2.51. The molecule has 4 nitrogen and oxygen atoms in total. The molecule has 0 saturated carbocycles. The number of nitrogen functional groups attached to an aromatic ring is 1. The van der Waals surface area contributed by atoms with Crippen molar-refractivity contribution in [1.82, 2.24) is 4.98 Å². The third-order valence-electron chi connectivity index (χ3n) is 1.10. The fourth-order valence-corrected chi connectivity index (χ4v) is 1.46. The molecule has 12 heavy (non-hydrogen) atoms. The van der Waals surface area contributed by atoms with E-state index in [1.165, 1.54) is 12.1 Å². The van der Waals surface area contributed by atoms with Crippen molar-refractivity contribution in [1.29, 1.82) is 0 Å². The lowest BCUT2D eigenvalue weighted by atomic mass is 10.4. The first-order valence-corrected chi connectivity index (χ1v) is 5.46. The van der Waals surface area contributed by atoms with Gasteiger partial charge in [0.2, 0.25) is 0 Å². The van der Waals surface area contributed by atoms with E-state index in [0.29, 0.717) is 0 Å². The fourth-order valence-electron chi connectivity index (χ4n) is 0.564. The standard InChI is InChI=1S/C5H4Cl2N2O2S/c6-5-3(8)1-2-4(9-5)12(7,10)11/h1-2H,8H2. The summed E-state index contributed by atoms with van der Waals surface area (Å²) >= 11 is 5.46. The normalized spacial score (nSPS) is 11.5. The van der Waals surface area contributed by atoms with E-state index < -0.39 is 9.05 Å². The summed E-state index contributed by atoms with van der Waals surface area (Å²) in [6.45, 7) is 0. The van der Waals surface area contributed by atoms with Crippen LogP contribution in [0.25, 0.3) is 0 Å². The molecule has 0 radical (unpaired) electrons. The van der Waals surface area contributed by atoms with Gasteiger partial charge in [-0.05, 0) is 12.1 Å². The Morgan fingerprint density at radius 1 is 1.42 bits per heavy atom. The predicted molar refractivity (Wildman–Crippen MR) is 46.7 cm³/mol. The predicted octanol–water partition coefficient (Wildman–Crippen LogP) is 1.24. The smallest absolute Gasteiger partial charge is 0.278 e. The van der Waals surface area contributed by atoms with Crippen molar-refractivity contribution >= 4 is 37.0 Å². The van der Waals surface area contributed by atoms with Gasteiger partial charge in [-0.2, -0.15) is 0 Å². The molecule has 0 spiro atoms. The van der Waals surface area contributed by atoms with Crippen molar-refractivity contribution in [2.24, 2.45) is 0 Å². The third-order valence-corrected chi connectivity index (χ3v) is 2.61. The average molecular weight is 227 g/mol. The molecule has 1 aromatic heterocycles. The number of hydrogen-bond donors (Lipinski definition) is 1. The summed E-state index contributed by atoms with van der Waals surface area (Å²) < 4.78 is 21.4. The molecule has 0 saturated heterocycles. The minimum Gasteiger partial charge on any atom is -0.396 e. The van der Waals surface area contributed by atoms with E-state index in [0.717, 1.165) is 0 Å². The van der Waals surface area contributed by atoms with Crippen LogP contribution in [-0.2, 0) is 9.05 Å². The van der Waals surface area contributed by atoms with Gasteiger partial charge in [-0.25, -0.2) is 13.4 Å². The first-order chi connectivity index (χ1) is 5.41. The highest BCUT2D eigenvalue weighted by atomic mass is 35.7. The van der Waals surface area contributed by atoms with E-state index in [1.807, 2.05) is 0 Å². The Labute approximate surface area is 78.7 Å². The van der Waals surface area contributed by atoms with Crippen molar-refractivity contribution in [3.8, 4) is 0 Å². The molecule has 0 aliphatic heterocycles. The summed E-state index contributed by atoms with van der Waals surface area (Å²) in [5.41, 5.74) is 5.51. The summed E-state index contributed by atoms with van der Waals surface area (Å²) in [6.07, 6.45) is 0. The molecule has 1 rings (SSSR count). The lowest BCUT2D eigenvalue weighted by molar-refractivity contribution is 0.606. The molecule has 0 aromatic carbocycles. The Kier molecular flexibility index (Phi) is 2.46. The second kappa shape index (κ2) is 3.08. The molecule has 0 bridgehead atoms. The number of rotatable bonds is 1. The van der Waals surface area contributed by atoms with Gasteiger partial charge < -0.3 is 5.73 Å². The van der Waals surface area contributed by atoms with Crippen LogP contribution in [0.1, 0.15) is 0 Å². The number of halogens is 2. The van der Waals surface area contributed by atoms with Crippen LogP contribution in [0.3, 0.4) is 0 Å². The maximum atomic E-state index is 10.7. The van der Waals surface area contributed by atoms with Gasteiger partial charge >= 0.3 is 0 Å². The minimum atomic E-state index is -3.82. The number of anilines is 1. The van der Waals surface area contributed by atoms with Gasteiger partial charge in [-0.3, -0.25) is 0 Å². The molecular weight excluding hydrogens is 223 g/mol. The molecule has 0 fully saturated rings. The summed E-state index contributed by atoms with van der Waals surface area (Å²) in [5.74, 6) is 0. The van der Waals surface area contributed by atoms with Crippen LogP contribution >= 0.6 is 22.3 Å². The molecule has 1 heterocycles. The van der Waals surface area contributed by atoms with Crippen LogP contribution in [0.5, 0.6) is 0 Å². The molecular formula is C5H4Cl2N2O2S. The lowest BCUT2D eigenvalue weighted by Crippen LogP contribution is -1.97. The Bertz CT molecular complexity index is 404. The van der Waals surface area contributed by atoms with E-state index >= 15 is 0 Å². The second-order valence-corrected chi connectivity index (χ2v) is 4.84. The van der Waals surface area contributed by atoms with E-state index in [-0.39, 0.29) is 15.9 Å². The topological polar surface area (TPSA) is 73.1 Å². The van der Waals surface area contributed by atoms with Crippen LogP contribution in [0.2, 0.25) is 5.15 Å². The minimum absolute atomic E-state index is 0.0725. The maximum absolute atomic E-state index is 10.7. The Morgan fingerprint density at radius 2 is 2.00 bits per heavy atom. The Balaban J connectivity index is 3.33. The molecule has 0 aliphatic carbocycles. The Morgan fingerprint density at radius 3 is 2.42 bits per heavy atom. The van der Waals surface area contributed by atoms with Crippen molar-refractivity contribution < 1.29 is 8.42 Å². The molecule has 0 atom stereocenters. The van der Waals surface area contributed by atoms with Gasteiger partial charge in [0.05, 0.1) is 5.69 Å². The zero-order valence-electron chi connectivity index (χ0n) is 5.66. The molecule has 0 amide bonds. The van der Waals surface area contributed by atoms with Gasteiger partial charge in [0.25, 0.3) is 9.05 Å². The van der Waals surface area contributed by atoms with Crippen LogP contribution in [0, 0.1) is 0 Å². The molecule has 1 aromatic rings. The van der Waals surface area contributed by atoms with Gasteiger partial charge in [-0.1, -0.05) is 11.6 Å². The number of nitrogens with zero attached hydrogens (tertiary/aromatic N) is 1. The summed E-state index contributed by atoms with van der Waals surface area (Å²) in [4.78, 5) is 3.46. The molecule has 2 N–H and O–H groups in total. The fraction of sp³-hybridized carbons (Fsp3) is 0. The first kappa shape index (κ1) is 9.57. The number of aromatic nitrogens is 1. The second-order valence-electron chi connectivity index (χ2n) is 1.97. The highest BCUT2D eigenvalue weighted by molar-refractivity contribution is 8.13. The number of hydrogen-bond acceptors (Lipinski definition) is 4. The zero-order valence-corrected chi connectivity index (χ0v) is 7.99. The maximum Gasteiger partial charge on any atom is 0.278 e. The number of nitrogens with two attached hydrogens (primary N) is 1. The highest BCUT2D eigenvalue weighted by Crippen LogP contribution is 2.19. The summed E-state index contributed by atoms with van der Waals surface area (Å²) in [5, 5.41) is -0.375. The average Bonchev–Trinajstić information content (AvgIpc) is 1.92. The van der Waals surface area contributed by atoms with E-state index in [9.17, 15) is 8.42 Å². The zero-order chi connectivity index (χ0) is 9.35. The molecule has 66 valence electrons. The molecule has 0 unspecified atom stereocenters. The van der Waals surface area contributed by atoms with Crippen LogP contribution < -0.4 is 5.73 Å². The van der Waals surface area contributed by atoms with Crippen molar-refractivity contribution in [2.45, 2.75) is 5.03 Å². The van der Waals surface area contributed by atoms with Crippen LogP contribution in [0.15, 0.2) is 17.2 Å². The molecule has 0 aliphatic rings. The SMILES string of the molecule is Nc1ccc(S(=O)(=O)Cl)nc1Cl. The van der Waals surface area contributed by atoms with Crippen molar-refractivity contribution in [2.75, 3.05) is 5.73 Å². The third kappa shape index (κ3) is 2.00. The van der Waals surface area contributed by atoms with Crippen LogP contribution in [0.4, 0.5) is 5.69 Å². The van der Waals surface area contributed by atoms with Crippen molar-refractivity contribution in [3.05, 3.63) is 17.3 Å². The van der Waals surface area contributed by atoms with Crippen LogP contribution in [-0.4, -0.2) is 13.4 Å². The molecule has 7 heteroatoms. The largest absolute Gasteiger partial charge is 0.396 e. The number of pyridine rings is 1. The Hall–Kier alpha value is -0.520. The van der Waals surface area contributed by atoms with Gasteiger partial charge in [0.1, 0.15) is 0 Å². The van der Waals surface area contributed by atoms with Crippen molar-refractivity contribution in [3.63, 3.8) is 0 Å². The monoisotopic (exact) mass is 226 g/mol. The van der Waals surface area contributed by atoms with Gasteiger partial charge in [0.15, 0.2) is 10.2 Å². The highest BCUT2D eigenvalue weighted by Gasteiger charge is 2.12. The first-order valence-electron chi connectivity index (χ1n) is 2.78. The van der Waals surface area contributed by atoms with E-state index in [4.69, 9.17) is 28.0 Å². The van der Waals surface area contributed by atoms with Gasteiger partial charge in [-0.15, -0.1) is 0 Å². The van der Waals surface area contributed by atoms with Gasteiger partial charge in [0, 0.05) is 10.7 Å². The lowest BCUT2D eigenvalue weighted by Gasteiger charge is -1.98. The summed E-state index contributed by atoms with van der Waals surface area (Å²) in [7, 11) is 1.17.